The van der Waals surface area contributed by atoms with Gasteiger partial charge in [0.2, 0.25) is 0 Å². The van der Waals surface area contributed by atoms with Crippen LogP contribution in [0, 0.1) is 0 Å². The molecule has 17 heavy (non-hydrogen) atoms. The van der Waals surface area contributed by atoms with Gasteiger partial charge in [0.05, 0.1) is 12.7 Å². The second-order valence-electron chi connectivity index (χ2n) is 4.19. The number of ether oxygens (including phenoxy) is 1. The summed E-state index contributed by atoms with van der Waals surface area (Å²) in [5.74, 6) is -0.938. The molecule has 1 rings (SSSR count). The summed E-state index contributed by atoms with van der Waals surface area (Å²) in [5, 5.41) is 12.3. The molecule has 1 unspecified atom stereocenters. The summed E-state index contributed by atoms with van der Waals surface area (Å²) in [6.45, 7) is 3.86. The van der Waals surface area contributed by atoms with Gasteiger partial charge in [0.1, 0.15) is 0 Å². The topological polar surface area (TPSA) is 58.6 Å². The molecule has 4 nitrogen and oxygen atoms in total. The van der Waals surface area contributed by atoms with Crippen LogP contribution in [0.1, 0.15) is 19.4 Å². The molecule has 0 heterocycles. The Labute approximate surface area is 102 Å². The van der Waals surface area contributed by atoms with E-state index in [-0.39, 0.29) is 12.7 Å². The summed E-state index contributed by atoms with van der Waals surface area (Å²) in [5.41, 5.74) is -0.499. The quantitative estimate of drug-likeness (QED) is 0.789. The lowest BCUT2D eigenvalue weighted by atomic mass is 9.91. The Morgan fingerprint density at radius 1 is 1.41 bits per heavy atom. The zero-order chi connectivity index (χ0) is 12.9. The van der Waals surface area contributed by atoms with E-state index in [1.807, 2.05) is 32.0 Å². The number of benzene rings is 1. The van der Waals surface area contributed by atoms with Crippen LogP contribution in [0.4, 0.5) is 0 Å². The molecule has 1 aromatic rings. The number of nitrogens with one attached hydrogen (secondary N) is 1. The normalized spacial score (nSPS) is 14.6. The molecule has 0 bridgehead atoms. The van der Waals surface area contributed by atoms with Crippen LogP contribution in [-0.4, -0.2) is 30.8 Å². The average molecular weight is 237 g/mol. The zero-order valence-electron chi connectivity index (χ0n) is 10.4. The average Bonchev–Trinajstić information content (AvgIpc) is 2.31. The molecule has 0 amide bonds. The smallest absolute Gasteiger partial charge is 0.330 e. The fourth-order valence-corrected chi connectivity index (χ4v) is 1.61. The number of hydrogen-bond donors (Lipinski definition) is 2. The van der Waals surface area contributed by atoms with E-state index in [0.29, 0.717) is 5.56 Å². The Balaban J connectivity index is 3.05. The van der Waals surface area contributed by atoms with Crippen LogP contribution in [0.25, 0.3) is 0 Å². The second-order valence-corrected chi connectivity index (χ2v) is 4.19. The zero-order valence-corrected chi connectivity index (χ0v) is 10.4. The molecule has 0 saturated carbocycles. The molecule has 0 aliphatic heterocycles. The molecule has 2 N–H and O–H groups in total. The number of carboxylic acid groups (broad SMARTS) is 1. The Hall–Kier alpha value is -1.39. The number of carbonyl (C=O) groups is 1. The van der Waals surface area contributed by atoms with Crippen molar-refractivity contribution in [2.24, 2.45) is 0 Å². The number of carboxylic acids is 1. The first-order valence-corrected chi connectivity index (χ1v) is 5.62. The maximum Gasteiger partial charge on any atom is 0.330 e. The van der Waals surface area contributed by atoms with Crippen molar-refractivity contribution in [1.82, 2.24) is 5.32 Å². The fourth-order valence-electron chi connectivity index (χ4n) is 1.61. The Morgan fingerprint density at radius 2 is 2.00 bits per heavy atom. The SMILES string of the molecule is CNC(COC(C)C)(C(=O)O)c1ccccc1. The van der Waals surface area contributed by atoms with Gasteiger partial charge in [-0.15, -0.1) is 0 Å². The molecule has 0 fully saturated rings. The van der Waals surface area contributed by atoms with E-state index < -0.39 is 11.5 Å². The van der Waals surface area contributed by atoms with Gasteiger partial charge in [0.25, 0.3) is 0 Å². The summed E-state index contributed by atoms with van der Waals surface area (Å²) >= 11 is 0. The minimum absolute atomic E-state index is 0.00853. The van der Waals surface area contributed by atoms with E-state index in [1.54, 1.807) is 19.2 Å². The van der Waals surface area contributed by atoms with Gasteiger partial charge in [-0.3, -0.25) is 5.32 Å². The van der Waals surface area contributed by atoms with Crippen molar-refractivity contribution in [1.29, 1.82) is 0 Å². The van der Waals surface area contributed by atoms with Gasteiger partial charge >= 0.3 is 5.97 Å². The van der Waals surface area contributed by atoms with Crippen molar-refractivity contribution >= 4 is 5.97 Å². The largest absolute Gasteiger partial charge is 0.480 e. The fraction of sp³-hybridized carbons (Fsp3) is 0.462. The summed E-state index contributed by atoms with van der Waals surface area (Å²) in [6.07, 6.45) is -0.00853. The highest BCUT2D eigenvalue weighted by atomic mass is 16.5. The first-order valence-electron chi connectivity index (χ1n) is 5.62. The van der Waals surface area contributed by atoms with Crippen LogP contribution in [0.2, 0.25) is 0 Å². The second kappa shape index (κ2) is 5.80. The van der Waals surface area contributed by atoms with Gasteiger partial charge < -0.3 is 9.84 Å². The highest BCUT2D eigenvalue weighted by molar-refractivity contribution is 5.81. The van der Waals surface area contributed by atoms with Gasteiger partial charge in [-0.25, -0.2) is 4.79 Å². The Bertz CT molecular complexity index is 364. The van der Waals surface area contributed by atoms with E-state index in [0.717, 1.165) is 0 Å². The van der Waals surface area contributed by atoms with Crippen molar-refractivity contribution in [3.8, 4) is 0 Å². The van der Waals surface area contributed by atoms with Crippen molar-refractivity contribution < 1.29 is 14.6 Å². The van der Waals surface area contributed by atoms with Gasteiger partial charge in [0, 0.05) is 0 Å². The lowest BCUT2D eigenvalue weighted by Gasteiger charge is -2.30. The first kappa shape index (κ1) is 13.7. The van der Waals surface area contributed by atoms with Crippen molar-refractivity contribution in [3.63, 3.8) is 0 Å². The van der Waals surface area contributed by atoms with Crippen LogP contribution in [-0.2, 0) is 15.1 Å². The summed E-state index contributed by atoms with van der Waals surface area (Å²) in [6, 6.07) is 9.07. The summed E-state index contributed by atoms with van der Waals surface area (Å²) < 4.78 is 5.47. The van der Waals surface area contributed by atoms with E-state index in [4.69, 9.17) is 4.74 Å². The number of rotatable bonds is 6. The number of aliphatic carboxylic acids is 1. The van der Waals surface area contributed by atoms with Crippen LogP contribution in [0.3, 0.4) is 0 Å². The monoisotopic (exact) mass is 237 g/mol. The highest BCUT2D eigenvalue weighted by Crippen LogP contribution is 2.22. The molecule has 0 radical (unpaired) electrons. The van der Waals surface area contributed by atoms with E-state index >= 15 is 0 Å². The first-order chi connectivity index (χ1) is 8.03. The molecule has 1 aromatic carbocycles. The van der Waals surface area contributed by atoms with Gasteiger partial charge in [0.15, 0.2) is 5.54 Å². The maximum atomic E-state index is 11.5. The van der Waals surface area contributed by atoms with E-state index in [2.05, 4.69) is 5.32 Å². The third-order valence-electron chi connectivity index (χ3n) is 2.69. The van der Waals surface area contributed by atoms with Gasteiger partial charge in [-0.2, -0.15) is 0 Å². The molecule has 1 atom stereocenters. The molecule has 94 valence electrons. The molecule has 0 aliphatic carbocycles. The molecule has 0 aromatic heterocycles. The van der Waals surface area contributed by atoms with Crippen molar-refractivity contribution in [3.05, 3.63) is 35.9 Å². The number of hydrogen-bond acceptors (Lipinski definition) is 3. The maximum absolute atomic E-state index is 11.5. The van der Waals surface area contributed by atoms with E-state index in [1.165, 1.54) is 0 Å². The molecule has 0 saturated heterocycles. The molecular formula is C13H19NO3. The third-order valence-corrected chi connectivity index (χ3v) is 2.69. The Morgan fingerprint density at radius 3 is 2.41 bits per heavy atom. The van der Waals surface area contributed by atoms with Crippen LogP contribution >= 0.6 is 0 Å². The molecule has 4 heteroatoms. The molecular weight excluding hydrogens is 218 g/mol. The third kappa shape index (κ3) is 3.05. The number of likely N-dealkylation sites (N-methyl/N-ethyl adjacent to an activating group) is 1. The standard InChI is InChI=1S/C13H19NO3/c1-10(2)17-9-13(14-3,12(15)16)11-7-5-4-6-8-11/h4-8,10,14H,9H2,1-3H3,(H,15,16). The molecule has 0 aliphatic rings. The van der Waals surface area contributed by atoms with E-state index in [9.17, 15) is 9.90 Å². The molecule has 0 spiro atoms. The lowest BCUT2D eigenvalue weighted by Crippen LogP contribution is -2.51. The summed E-state index contributed by atoms with van der Waals surface area (Å²) in [7, 11) is 1.63. The van der Waals surface area contributed by atoms with Crippen LogP contribution in [0.15, 0.2) is 30.3 Å². The van der Waals surface area contributed by atoms with Crippen LogP contribution < -0.4 is 5.32 Å². The van der Waals surface area contributed by atoms with Crippen LogP contribution in [0.5, 0.6) is 0 Å². The van der Waals surface area contributed by atoms with Gasteiger partial charge in [-0.05, 0) is 26.5 Å². The van der Waals surface area contributed by atoms with Gasteiger partial charge in [-0.1, -0.05) is 30.3 Å². The Kier molecular flexibility index (Phi) is 4.66. The lowest BCUT2D eigenvalue weighted by molar-refractivity contribution is -0.149. The van der Waals surface area contributed by atoms with Crippen molar-refractivity contribution in [2.75, 3.05) is 13.7 Å². The minimum Gasteiger partial charge on any atom is -0.480 e. The predicted molar refractivity (Wildman–Crippen MR) is 65.9 cm³/mol. The van der Waals surface area contributed by atoms with Crippen molar-refractivity contribution in [2.45, 2.75) is 25.5 Å². The predicted octanol–water partition coefficient (Wildman–Crippen LogP) is 1.61. The highest BCUT2D eigenvalue weighted by Gasteiger charge is 2.39. The minimum atomic E-state index is -1.19. The summed E-state index contributed by atoms with van der Waals surface area (Å²) in [4.78, 5) is 11.5.